The molecule has 0 aliphatic heterocycles. The molecule has 230 valence electrons. The molecule has 2 amide bonds. The van der Waals surface area contributed by atoms with Crippen molar-refractivity contribution in [1.29, 1.82) is 0 Å². The molecule has 7 nitrogen and oxygen atoms in total. The van der Waals surface area contributed by atoms with E-state index in [0.29, 0.717) is 34.1 Å². The second kappa shape index (κ2) is 15.2. The first-order chi connectivity index (χ1) is 21.1. The van der Waals surface area contributed by atoms with E-state index in [0.717, 1.165) is 9.87 Å². The molecular formula is C34H35Cl2N3O4S. The summed E-state index contributed by atoms with van der Waals surface area (Å²) < 4.78 is 29.3. The van der Waals surface area contributed by atoms with E-state index in [4.69, 9.17) is 23.2 Å². The number of carbonyl (C=O) groups excluding carboxylic acids is 2. The summed E-state index contributed by atoms with van der Waals surface area (Å²) in [7, 11) is -4.22. The van der Waals surface area contributed by atoms with Crippen LogP contribution in [0.4, 0.5) is 5.69 Å². The molecule has 0 saturated heterocycles. The van der Waals surface area contributed by atoms with Gasteiger partial charge in [-0.2, -0.15) is 0 Å². The highest BCUT2D eigenvalue weighted by Crippen LogP contribution is 2.31. The quantitative estimate of drug-likeness (QED) is 0.175. The zero-order chi connectivity index (χ0) is 31.7. The fourth-order valence-corrected chi connectivity index (χ4v) is 6.69. The van der Waals surface area contributed by atoms with E-state index in [1.807, 2.05) is 37.3 Å². The third-order valence-electron chi connectivity index (χ3n) is 7.24. The van der Waals surface area contributed by atoms with Crippen molar-refractivity contribution in [3.63, 3.8) is 0 Å². The highest BCUT2D eigenvalue weighted by Gasteiger charge is 2.35. The summed E-state index contributed by atoms with van der Waals surface area (Å²) in [6.07, 6.45) is 0.924. The molecule has 1 unspecified atom stereocenters. The molecule has 4 aromatic rings. The predicted molar refractivity (Wildman–Crippen MR) is 176 cm³/mol. The molecule has 1 N–H and O–H groups in total. The minimum Gasteiger partial charge on any atom is -0.354 e. The third kappa shape index (κ3) is 8.00. The topological polar surface area (TPSA) is 86.8 Å². The molecule has 0 heterocycles. The number of hydrogen-bond donors (Lipinski definition) is 1. The monoisotopic (exact) mass is 651 g/mol. The van der Waals surface area contributed by atoms with Crippen molar-refractivity contribution >= 4 is 50.7 Å². The summed E-state index contributed by atoms with van der Waals surface area (Å²) in [5.41, 5.74) is 2.24. The first-order valence-corrected chi connectivity index (χ1v) is 16.5. The molecule has 0 aliphatic carbocycles. The van der Waals surface area contributed by atoms with Crippen molar-refractivity contribution in [3.8, 4) is 0 Å². The average molecular weight is 653 g/mol. The fourth-order valence-electron chi connectivity index (χ4n) is 4.83. The Bertz CT molecular complexity index is 1690. The molecule has 1 atom stereocenters. The second-order valence-corrected chi connectivity index (χ2v) is 13.0. The van der Waals surface area contributed by atoms with E-state index < -0.39 is 28.5 Å². The van der Waals surface area contributed by atoms with E-state index in [1.54, 1.807) is 67.6 Å². The number of carbonyl (C=O) groups is 2. The van der Waals surface area contributed by atoms with Crippen LogP contribution in [0.1, 0.15) is 30.0 Å². The van der Waals surface area contributed by atoms with Crippen LogP contribution in [0.2, 0.25) is 10.0 Å². The maximum atomic E-state index is 14.5. The minimum atomic E-state index is -4.22. The van der Waals surface area contributed by atoms with Gasteiger partial charge in [-0.15, -0.1) is 0 Å². The molecule has 0 aromatic heterocycles. The number of sulfonamides is 1. The average Bonchev–Trinajstić information content (AvgIpc) is 3.03. The molecule has 10 heteroatoms. The summed E-state index contributed by atoms with van der Waals surface area (Å²) in [4.78, 5) is 29.6. The van der Waals surface area contributed by atoms with Crippen molar-refractivity contribution in [1.82, 2.24) is 10.2 Å². The maximum absolute atomic E-state index is 14.5. The zero-order valence-corrected chi connectivity index (χ0v) is 26.9. The van der Waals surface area contributed by atoms with Gasteiger partial charge in [-0.25, -0.2) is 8.42 Å². The third-order valence-corrected chi connectivity index (χ3v) is 9.79. The molecule has 0 spiro atoms. The van der Waals surface area contributed by atoms with Crippen LogP contribution < -0.4 is 9.62 Å². The lowest BCUT2D eigenvalue weighted by atomic mass is 10.0. The highest BCUT2D eigenvalue weighted by atomic mass is 35.5. The number of rotatable bonds is 13. The molecule has 4 rings (SSSR count). The number of anilines is 1. The molecule has 0 radical (unpaired) electrons. The van der Waals surface area contributed by atoms with E-state index in [1.165, 1.54) is 17.0 Å². The van der Waals surface area contributed by atoms with Gasteiger partial charge in [0.05, 0.1) is 10.6 Å². The van der Waals surface area contributed by atoms with Crippen LogP contribution in [0.15, 0.2) is 108 Å². The van der Waals surface area contributed by atoms with Gasteiger partial charge in [-0.3, -0.25) is 13.9 Å². The van der Waals surface area contributed by atoms with E-state index in [2.05, 4.69) is 5.32 Å². The Balaban J connectivity index is 1.83. The largest absolute Gasteiger partial charge is 0.354 e. The number of halogens is 2. The fraction of sp³-hybridized carbons (Fsp3) is 0.235. The molecule has 0 aliphatic rings. The minimum absolute atomic E-state index is 0.0106. The van der Waals surface area contributed by atoms with Crippen LogP contribution >= 0.6 is 23.2 Å². The molecule has 0 fully saturated rings. The summed E-state index contributed by atoms with van der Waals surface area (Å²) in [5.74, 6) is -0.913. The van der Waals surface area contributed by atoms with Crippen LogP contribution in [0.25, 0.3) is 0 Å². The molecule has 0 saturated carbocycles. The number of nitrogens with one attached hydrogen (secondary N) is 1. The molecular weight excluding hydrogens is 617 g/mol. The molecule has 44 heavy (non-hydrogen) atoms. The van der Waals surface area contributed by atoms with Crippen LogP contribution in [-0.2, 0) is 32.6 Å². The van der Waals surface area contributed by atoms with Crippen molar-refractivity contribution in [3.05, 3.63) is 130 Å². The van der Waals surface area contributed by atoms with Crippen LogP contribution in [-0.4, -0.2) is 44.3 Å². The lowest BCUT2D eigenvalue weighted by Crippen LogP contribution is -2.53. The summed E-state index contributed by atoms with van der Waals surface area (Å²) in [5, 5.41) is 3.72. The Labute approximate surface area is 269 Å². The summed E-state index contributed by atoms with van der Waals surface area (Å²) in [6.45, 7) is 3.49. The SMILES string of the molecule is CCCNC(=O)C(Cc1ccccc1)N(Cc1ccccc1Cl)C(=O)CN(c1cccc(Cl)c1C)S(=O)(=O)c1ccccc1. The molecule has 4 aromatic carbocycles. The first kappa shape index (κ1) is 33.1. The van der Waals surface area contributed by atoms with E-state index in [9.17, 15) is 18.0 Å². The number of nitrogens with zero attached hydrogens (tertiary/aromatic N) is 2. The molecule has 0 bridgehead atoms. The van der Waals surface area contributed by atoms with Gasteiger partial charge in [0.25, 0.3) is 10.0 Å². The van der Waals surface area contributed by atoms with Crippen molar-refractivity contribution < 1.29 is 18.0 Å². The Kier molecular flexibility index (Phi) is 11.4. The lowest BCUT2D eigenvalue weighted by molar-refractivity contribution is -0.140. The van der Waals surface area contributed by atoms with Gasteiger partial charge < -0.3 is 10.2 Å². The van der Waals surface area contributed by atoms with Crippen molar-refractivity contribution in [2.24, 2.45) is 0 Å². The van der Waals surface area contributed by atoms with E-state index in [-0.39, 0.29) is 29.5 Å². The Morgan fingerprint density at radius 3 is 2.09 bits per heavy atom. The number of amides is 2. The lowest BCUT2D eigenvalue weighted by Gasteiger charge is -2.34. The zero-order valence-electron chi connectivity index (χ0n) is 24.6. The van der Waals surface area contributed by atoms with Gasteiger partial charge in [-0.05, 0) is 60.4 Å². The van der Waals surface area contributed by atoms with Gasteiger partial charge in [0.2, 0.25) is 11.8 Å². The number of benzene rings is 4. The van der Waals surface area contributed by atoms with Crippen LogP contribution in [0, 0.1) is 6.92 Å². The van der Waals surface area contributed by atoms with E-state index >= 15 is 0 Å². The van der Waals surface area contributed by atoms with Crippen LogP contribution in [0.5, 0.6) is 0 Å². The smallest absolute Gasteiger partial charge is 0.264 e. The normalized spacial score (nSPS) is 11.9. The van der Waals surface area contributed by atoms with Gasteiger partial charge >= 0.3 is 0 Å². The maximum Gasteiger partial charge on any atom is 0.264 e. The first-order valence-electron chi connectivity index (χ1n) is 14.3. The Hall–Kier alpha value is -3.85. The Morgan fingerprint density at radius 1 is 0.818 bits per heavy atom. The number of hydrogen-bond acceptors (Lipinski definition) is 4. The Morgan fingerprint density at radius 2 is 1.43 bits per heavy atom. The van der Waals surface area contributed by atoms with Gasteiger partial charge in [0.1, 0.15) is 12.6 Å². The van der Waals surface area contributed by atoms with Gasteiger partial charge in [0, 0.05) is 29.6 Å². The van der Waals surface area contributed by atoms with Gasteiger partial charge in [0.15, 0.2) is 0 Å². The second-order valence-electron chi connectivity index (χ2n) is 10.3. The van der Waals surface area contributed by atoms with Crippen molar-refractivity contribution in [2.45, 2.75) is 44.2 Å². The summed E-state index contributed by atoms with van der Waals surface area (Å²) in [6, 6.07) is 28.3. The standard InChI is InChI=1S/C34H35Cl2N3O4S/c1-3-21-37-34(41)32(22-26-13-6-4-7-14-26)38(23-27-15-10-11-18-30(27)36)33(40)24-39(31-20-12-19-29(35)25(31)2)44(42,43)28-16-8-5-9-17-28/h4-20,32H,3,21-24H2,1-2H3,(H,37,41). The van der Waals surface area contributed by atoms with Crippen LogP contribution in [0.3, 0.4) is 0 Å². The highest BCUT2D eigenvalue weighted by molar-refractivity contribution is 7.92. The van der Waals surface area contributed by atoms with Gasteiger partial charge in [-0.1, -0.05) is 103 Å². The predicted octanol–water partition coefficient (Wildman–Crippen LogP) is 6.66. The summed E-state index contributed by atoms with van der Waals surface area (Å²) >= 11 is 13.0. The van der Waals surface area contributed by atoms with Crippen molar-refractivity contribution in [2.75, 3.05) is 17.4 Å².